The van der Waals surface area contributed by atoms with E-state index in [1.807, 2.05) is 11.3 Å². The molecule has 1 heterocycles. The van der Waals surface area contributed by atoms with E-state index in [0.717, 1.165) is 5.69 Å². The average molecular weight is 678 g/mol. The Morgan fingerprint density at radius 3 is 1.75 bits per heavy atom. The van der Waals surface area contributed by atoms with E-state index in [9.17, 15) is 0 Å². The molecule has 0 bridgehead atoms. The first-order chi connectivity index (χ1) is 25.3. The van der Waals surface area contributed by atoms with Crippen LogP contribution in [0.2, 0.25) is 0 Å². The second kappa shape index (κ2) is 11.7. The van der Waals surface area contributed by atoms with E-state index < -0.39 is 0 Å². The first kappa shape index (κ1) is 30.0. The molecular formula is C49H43NS. The van der Waals surface area contributed by atoms with E-state index in [1.165, 1.54) is 135 Å². The van der Waals surface area contributed by atoms with Crippen molar-refractivity contribution >= 4 is 42.9 Å². The molecule has 1 nitrogen and oxygen atoms in total. The molecule has 1 aromatic heterocycles. The average Bonchev–Trinajstić information content (AvgIpc) is 3.82. The summed E-state index contributed by atoms with van der Waals surface area (Å²) in [6.45, 7) is 0. The summed E-state index contributed by atoms with van der Waals surface area (Å²) in [7, 11) is 0. The number of nitrogens with one attached hydrogen (secondary N) is 1. The maximum Gasteiger partial charge on any atom is 0.0726 e. The number of hydrogen-bond acceptors (Lipinski definition) is 2. The summed E-state index contributed by atoms with van der Waals surface area (Å²) in [5.74, 6) is 1.32. The van der Waals surface area contributed by atoms with Crippen molar-refractivity contribution in [3.05, 3.63) is 155 Å². The van der Waals surface area contributed by atoms with E-state index in [2.05, 4.69) is 127 Å². The van der Waals surface area contributed by atoms with Gasteiger partial charge < -0.3 is 5.32 Å². The molecule has 2 fully saturated rings. The van der Waals surface area contributed by atoms with Gasteiger partial charge in [-0.2, -0.15) is 0 Å². The van der Waals surface area contributed by atoms with Crippen molar-refractivity contribution in [2.24, 2.45) is 0 Å². The first-order valence-corrected chi connectivity index (χ1v) is 20.3. The van der Waals surface area contributed by atoms with Crippen molar-refractivity contribution in [1.29, 1.82) is 0 Å². The molecule has 1 N–H and O–H groups in total. The number of hydrogen-bond donors (Lipinski definition) is 1. The fourth-order valence-corrected chi connectivity index (χ4v) is 11.8. The van der Waals surface area contributed by atoms with Gasteiger partial charge in [-0.1, -0.05) is 136 Å². The highest BCUT2D eigenvalue weighted by molar-refractivity contribution is 7.26. The quantitative estimate of drug-likeness (QED) is 0.195. The third kappa shape index (κ3) is 4.45. The van der Waals surface area contributed by atoms with Gasteiger partial charge in [-0.15, -0.1) is 11.3 Å². The van der Waals surface area contributed by atoms with Crippen molar-refractivity contribution in [3.63, 3.8) is 0 Å². The molecule has 6 aromatic carbocycles. The highest BCUT2D eigenvalue weighted by atomic mass is 32.1. The predicted molar refractivity (Wildman–Crippen MR) is 217 cm³/mol. The molecule has 11 rings (SSSR count). The maximum absolute atomic E-state index is 3.96. The third-order valence-electron chi connectivity index (χ3n) is 13.1. The van der Waals surface area contributed by atoms with Gasteiger partial charge in [0, 0.05) is 21.2 Å². The van der Waals surface area contributed by atoms with Gasteiger partial charge in [-0.05, 0) is 117 Å². The lowest BCUT2D eigenvalue weighted by Crippen LogP contribution is -2.26. The van der Waals surface area contributed by atoms with Crippen LogP contribution in [0, 0.1) is 0 Å². The molecule has 2 saturated carbocycles. The molecule has 2 heteroatoms. The van der Waals surface area contributed by atoms with Crippen LogP contribution in [0.25, 0.3) is 42.4 Å². The van der Waals surface area contributed by atoms with Crippen LogP contribution in [0.1, 0.15) is 109 Å². The minimum atomic E-state index is -0.340. The molecule has 1 spiro atoms. The molecule has 51 heavy (non-hydrogen) atoms. The molecule has 0 atom stereocenters. The second-order valence-corrected chi connectivity index (χ2v) is 16.8. The predicted octanol–water partition coefficient (Wildman–Crippen LogP) is 14.2. The van der Waals surface area contributed by atoms with E-state index in [0.29, 0.717) is 11.8 Å². The van der Waals surface area contributed by atoms with Crippen LogP contribution in [-0.4, -0.2) is 0 Å². The highest BCUT2D eigenvalue weighted by Gasteiger charge is 2.52. The third-order valence-corrected chi connectivity index (χ3v) is 14.3. The fraction of sp³-hybridized carbons (Fsp3) is 0.265. The van der Waals surface area contributed by atoms with Crippen LogP contribution < -0.4 is 5.32 Å². The smallest absolute Gasteiger partial charge is 0.0726 e. The zero-order chi connectivity index (χ0) is 33.5. The minimum Gasteiger partial charge on any atom is -0.354 e. The van der Waals surface area contributed by atoms with Crippen molar-refractivity contribution in [2.75, 3.05) is 5.32 Å². The molecule has 0 unspecified atom stereocenters. The van der Waals surface area contributed by atoms with Crippen LogP contribution in [0.15, 0.2) is 121 Å². The fourth-order valence-electron chi connectivity index (χ4n) is 10.7. The van der Waals surface area contributed by atoms with Gasteiger partial charge in [0.15, 0.2) is 0 Å². The van der Waals surface area contributed by atoms with E-state index in [1.54, 1.807) is 11.1 Å². The van der Waals surface area contributed by atoms with Gasteiger partial charge in [0.25, 0.3) is 0 Å². The van der Waals surface area contributed by atoms with Gasteiger partial charge in [0.2, 0.25) is 0 Å². The van der Waals surface area contributed by atoms with E-state index >= 15 is 0 Å². The van der Waals surface area contributed by atoms with Crippen LogP contribution in [-0.2, 0) is 5.41 Å². The molecular weight excluding hydrogens is 635 g/mol. The van der Waals surface area contributed by atoms with Gasteiger partial charge >= 0.3 is 0 Å². The summed E-state index contributed by atoms with van der Waals surface area (Å²) >= 11 is 1.89. The Kier molecular flexibility index (Phi) is 6.88. The molecule has 4 aliphatic carbocycles. The normalized spacial score (nSPS) is 17.8. The van der Waals surface area contributed by atoms with E-state index in [4.69, 9.17) is 0 Å². The zero-order valence-electron chi connectivity index (χ0n) is 29.2. The van der Waals surface area contributed by atoms with Gasteiger partial charge in [0.05, 0.1) is 15.8 Å². The number of thiophene rings is 1. The number of rotatable bonds is 4. The lowest BCUT2D eigenvalue weighted by Gasteiger charge is -2.33. The summed E-state index contributed by atoms with van der Waals surface area (Å²) in [4.78, 5) is 0. The lowest BCUT2D eigenvalue weighted by atomic mass is 9.69. The van der Waals surface area contributed by atoms with Gasteiger partial charge in [0.1, 0.15) is 0 Å². The molecule has 250 valence electrons. The van der Waals surface area contributed by atoms with Crippen molar-refractivity contribution in [1.82, 2.24) is 0 Å². The van der Waals surface area contributed by atoms with E-state index in [-0.39, 0.29) is 5.41 Å². The Balaban J connectivity index is 1.14. The summed E-state index contributed by atoms with van der Waals surface area (Å²) in [5, 5.41) is 6.62. The van der Waals surface area contributed by atoms with Crippen molar-refractivity contribution in [2.45, 2.75) is 81.5 Å². The largest absolute Gasteiger partial charge is 0.354 e. The Hall–Kier alpha value is -4.66. The Labute approximate surface area is 305 Å². The van der Waals surface area contributed by atoms with Crippen molar-refractivity contribution < 1.29 is 0 Å². The summed E-state index contributed by atoms with van der Waals surface area (Å²) in [5.41, 5.74) is 16.6. The summed E-state index contributed by atoms with van der Waals surface area (Å²) in [6, 6.07) is 47.4. The number of benzene rings is 6. The molecule has 7 aromatic rings. The Bertz CT molecular complexity index is 2420. The first-order valence-electron chi connectivity index (χ1n) is 19.5. The number of fused-ring (bicyclic) bond motifs is 13. The summed E-state index contributed by atoms with van der Waals surface area (Å²) in [6.07, 6.45) is 13.4. The molecule has 0 radical (unpaired) electrons. The topological polar surface area (TPSA) is 12.0 Å². The lowest BCUT2D eigenvalue weighted by molar-refractivity contribution is 0.443. The summed E-state index contributed by atoms with van der Waals surface area (Å²) < 4.78 is 2.66. The SMILES string of the molecule is c1ccc2c(c1)-c1ccc(Nc3cccc4c3sc3ccccc34)cc1C21c2cc(C3CCCCC3)ccc2-c2ccc(C3CCCCC3)cc21. The monoisotopic (exact) mass is 677 g/mol. The molecule has 4 aliphatic rings. The maximum atomic E-state index is 3.96. The van der Waals surface area contributed by atoms with Crippen LogP contribution >= 0.6 is 11.3 Å². The van der Waals surface area contributed by atoms with Crippen LogP contribution in [0.3, 0.4) is 0 Å². The van der Waals surface area contributed by atoms with Gasteiger partial charge in [-0.3, -0.25) is 0 Å². The zero-order valence-corrected chi connectivity index (χ0v) is 30.0. The second-order valence-electron chi connectivity index (χ2n) is 15.7. The number of anilines is 2. The standard InChI is InChI=1S/C49H43NS/c1-3-12-31(13-4-1)33-22-25-37-38-26-23-34(32-14-5-2-6-15-32)29-44(38)49(43(37)28-33)42-19-9-7-16-36(42)39-27-24-35(30-45(39)49)50-46-20-11-18-41-40-17-8-10-21-47(40)51-48(41)46/h7-11,16-32,50H,1-6,12-15H2. The Morgan fingerprint density at radius 1 is 0.471 bits per heavy atom. The molecule has 0 amide bonds. The Morgan fingerprint density at radius 2 is 1.04 bits per heavy atom. The highest BCUT2D eigenvalue weighted by Crippen LogP contribution is 2.64. The van der Waals surface area contributed by atoms with Gasteiger partial charge in [-0.25, -0.2) is 0 Å². The van der Waals surface area contributed by atoms with Crippen LogP contribution in [0.5, 0.6) is 0 Å². The molecule has 0 aliphatic heterocycles. The van der Waals surface area contributed by atoms with Crippen molar-refractivity contribution in [3.8, 4) is 22.3 Å². The molecule has 0 saturated heterocycles. The van der Waals surface area contributed by atoms with Crippen LogP contribution in [0.4, 0.5) is 11.4 Å². The minimum absolute atomic E-state index is 0.340.